The molecule has 0 aliphatic rings. The van der Waals surface area contributed by atoms with Gasteiger partial charge in [-0.25, -0.2) is 0 Å². The normalized spacial score (nSPS) is 11.7. The van der Waals surface area contributed by atoms with Gasteiger partial charge in [0.2, 0.25) is 5.91 Å². The summed E-state index contributed by atoms with van der Waals surface area (Å²) >= 11 is 1.32. The van der Waals surface area contributed by atoms with Gasteiger partial charge < -0.3 is 24.1 Å². The monoisotopic (exact) mass is 456 g/mol. The fourth-order valence-corrected chi connectivity index (χ4v) is 3.97. The van der Waals surface area contributed by atoms with Crippen LogP contribution in [0.1, 0.15) is 31.3 Å². The summed E-state index contributed by atoms with van der Waals surface area (Å²) in [5, 5.41) is 12.1. The Morgan fingerprint density at radius 3 is 2.59 bits per heavy atom. The van der Waals surface area contributed by atoms with Crippen molar-refractivity contribution in [2.24, 2.45) is 0 Å². The minimum absolute atomic E-state index is 0.172. The Morgan fingerprint density at radius 1 is 1.12 bits per heavy atom. The van der Waals surface area contributed by atoms with E-state index in [4.69, 9.17) is 14.2 Å². The first-order chi connectivity index (χ1) is 15.5. The van der Waals surface area contributed by atoms with Crippen molar-refractivity contribution in [3.8, 4) is 17.2 Å². The van der Waals surface area contributed by atoms with E-state index >= 15 is 0 Å². The average Bonchev–Trinajstić information content (AvgIpc) is 3.22. The number of carbonyl (C=O) groups is 1. The van der Waals surface area contributed by atoms with E-state index in [0.717, 1.165) is 11.3 Å². The molecule has 0 aliphatic carbocycles. The van der Waals surface area contributed by atoms with E-state index in [9.17, 15) is 4.79 Å². The van der Waals surface area contributed by atoms with E-state index < -0.39 is 0 Å². The molecule has 8 nitrogen and oxygen atoms in total. The summed E-state index contributed by atoms with van der Waals surface area (Å²) < 4.78 is 18.6. The van der Waals surface area contributed by atoms with Crippen LogP contribution in [0.2, 0.25) is 0 Å². The number of amides is 1. The van der Waals surface area contributed by atoms with Gasteiger partial charge in [0.05, 0.1) is 25.7 Å². The Kier molecular flexibility index (Phi) is 7.99. The van der Waals surface area contributed by atoms with Crippen LogP contribution in [0.4, 0.5) is 5.69 Å². The van der Waals surface area contributed by atoms with E-state index in [1.54, 1.807) is 32.4 Å². The number of methoxy groups -OCH3 is 2. The van der Waals surface area contributed by atoms with E-state index in [0.29, 0.717) is 34.7 Å². The van der Waals surface area contributed by atoms with Crippen LogP contribution in [-0.2, 0) is 11.3 Å². The molecular formula is C23H28N4O4S. The molecule has 0 saturated carbocycles. The van der Waals surface area contributed by atoms with Gasteiger partial charge in [-0.05, 0) is 44.5 Å². The molecule has 0 aliphatic heterocycles. The van der Waals surface area contributed by atoms with Gasteiger partial charge in [0, 0.05) is 12.6 Å². The van der Waals surface area contributed by atoms with Gasteiger partial charge in [0.1, 0.15) is 17.2 Å². The lowest BCUT2D eigenvalue weighted by molar-refractivity contribution is -0.113. The fraction of sp³-hybridized carbons (Fsp3) is 0.348. The number of nitrogens with zero attached hydrogens (tertiary/aromatic N) is 3. The molecule has 1 heterocycles. The van der Waals surface area contributed by atoms with Crippen molar-refractivity contribution in [1.82, 2.24) is 14.8 Å². The van der Waals surface area contributed by atoms with Crippen LogP contribution in [0, 0.1) is 6.92 Å². The van der Waals surface area contributed by atoms with Crippen molar-refractivity contribution in [3.05, 3.63) is 53.9 Å². The zero-order valence-electron chi connectivity index (χ0n) is 18.9. The quantitative estimate of drug-likeness (QED) is 0.450. The van der Waals surface area contributed by atoms with Crippen molar-refractivity contribution < 1.29 is 19.0 Å². The molecule has 1 amide bonds. The first-order valence-corrected chi connectivity index (χ1v) is 11.2. The van der Waals surface area contributed by atoms with E-state index in [1.165, 1.54) is 11.8 Å². The number of hydrogen-bond acceptors (Lipinski definition) is 7. The number of rotatable bonds is 10. The second-order valence-corrected chi connectivity index (χ2v) is 7.96. The van der Waals surface area contributed by atoms with Gasteiger partial charge in [-0.3, -0.25) is 4.79 Å². The molecule has 2 aromatic carbocycles. The predicted molar refractivity (Wildman–Crippen MR) is 125 cm³/mol. The van der Waals surface area contributed by atoms with E-state index in [-0.39, 0.29) is 17.8 Å². The van der Waals surface area contributed by atoms with E-state index in [1.807, 2.05) is 49.6 Å². The summed E-state index contributed by atoms with van der Waals surface area (Å²) in [6.45, 7) is 6.62. The van der Waals surface area contributed by atoms with Crippen molar-refractivity contribution in [2.75, 3.05) is 25.3 Å². The highest BCUT2D eigenvalue weighted by molar-refractivity contribution is 7.99. The van der Waals surface area contributed by atoms with Crippen LogP contribution in [0.15, 0.2) is 47.6 Å². The summed E-state index contributed by atoms with van der Waals surface area (Å²) in [5.41, 5.74) is 1.61. The second-order valence-electron chi connectivity index (χ2n) is 7.01. The number of aryl methyl sites for hydroxylation is 1. The Balaban J connectivity index is 1.66. The first kappa shape index (κ1) is 23.5. The molecule has 3 aromatic rings. The molecule has 1 aromatic heterocycles. The average molecular weight is 457 g/mol. The van der Waals surface area contributed by atoms with Crippen LogP contribution < -0.4 is 19.5 Å². The number of carbonyl (C=O) groups excluding carboxylic acids is 1. The lowest BCUT2D eigenvalue weighted by atomic mass is 10.2. The second kappa shape index (κ2) is 10.9. The molecule has 0 bridgehead atoms. The van der Waals surface area contributed by atoms with Gasteiger partial charge in [0.15, 0.2) is 17.1 Å². The number of hydrogen-bond donors (Lipinski definition) is 1. The maximum atomic E-state index is 12.6. The molecule has 0 spiro atoms. The van der Waals surface area contributed by atoms with E-state index in [2.05, 4.69) is 15.5 Å². The van der Waals surface area contributed by atoms with Crippen LogP contribution in [0.3, 0.4) is 0 Å². The molecule has 1 atom stereocenters. The molecule has 1 N–H and O–H groups in total. The van der Waals surface area contributed by atoms with Gasteiger partial charge in [-0.1, -0.05) is 30.0 Å². The molecule has 0 fully saturated rings. The number of nitrogens with one attached hydrogen (secondary N) is 1. The SMILES string of the molecule is CCn1c(SCC(=O)Nc2cc(OC)ccc2OC)nnc1C(C)Oc1ccccc1C. The standard InChI is InChI=1S/C23H28N4O4S/c1-6-27-22(16(3)31-19-10-8-7-9-15(19)2)25-26-23(27)32-14-21(28)24-18-13-17(29-4)11-12-20(18)30-5/h7-13,16H,6,14H2,1-5H3,(H,24,28). The van der Waals surface area contributed by atoms with Gasteiger partial charge >= 0.3 is 0 Å². The summed E-state index contributed by atoms with van der Waals surface area (Å²) in [6, 6.07) is 13.1. The van der Waals surface area contributed by atoms with Crippen molar-refractivity contribution in [2.45, 2.75) is 38.6 Å². The van der Waals surface area contributed by atoms with Crippen LogP contribution in [-0.4, -0.2) is 40.6 Å². The van der Waals surface area contributed by atoms with Crippen LogP contribution in [0.5, 0.6) is 17.2 Å². The number of ether oxygens (including phenoxy) is 3. The summed E-state index contributed by atoms with van der Waals surface area (Å²) in [4.78, 5) is 12.6. The zero-order valence-corrected chi connectivity index (χ0v) is 19.7. The lowest BCUT2D eigenvalue weighted by Crippen LogP contribution is -2.16. The maximum absolute atomic E-state index is 12.6. The van der Waals surface area contributed by atoms with Crippen molar-refractivity contribution in [1.29, 1.82) is 0 Å². The Morgan fingerprint density at radius 2 is 1.91 bits per heavy atom. The Labute approximate surface area is 192 Å². The highest BCUT2D eigenvalue weighted by atomic mass is 32.2. The molecular weight excluding hydrogens is 428 g/mol. The number of para-hydroxylation sites is 1. The zero-order chi connectivity index (χ0) is 23.1. The van der Waals surface area contributed by atoms with Gasteiger partial charge in [-0.15, -0.1) is 10.2 Å². The maximum Gasteiger partial charge on any atom is 0.234 e. The first-order valence-electron chi connectivity index (χ1n) is 10.3. The largest absolute Gasteiger partial charge is 0.497 e. The fourth-order valence-electron chi connectivity index (χ4n) is 3.16. The topological polar surface area (TPSA) is 87.5 Å². The summed E-state index contributed by atoms with van der Waals surface area (Å²) in [6.07, 6.45) is -0.284. The van der Waals surface area contributed by atoms with Gasteiger partial charge in [0.25, 0.3) is 0 Å². The van der Waals surface area contributed by atoms with Crippen LogP contribution in [0.25, 0.3) is 0 Å². The minimum Gasteiger partial charge on any atom is -0.497 e. The molecule has 1 unspecified atom stereocenters. The number of anilines is 1. The molecule has 9 heteroatoms. The summed E-state index contributed by atoms with van der Waals surface area (Å²) in [5.74, 6) is 2.71. The molecule has 32 heavy (non-hydrogen) atoms. The van der Waals surface area contributed by atoms with Crippen LogP contribution >= 0.6 is 11.8 Å². The smallest absolute Gasteiger partial charge is 0.234 e. The highest BCUT2D eigenvalue weighted by Gasteiger charge is 2.20. The molecule has 3 rings (SSSR count). The molecule has 0 radical (unpaired) electrons. The highest BCUT2D eigenvalue weighted by Crippen LogP contribution is 2.30. The third-order valence-corrected chi connectivity index (χ3v) is 5.80. The number of aromatic nitrogens is 3. The Hall–Kier alpha value is -3.20. The summed E-state index contributed by atoms with van der Waals surface area (Å²) in [7, 11) is 3.12. The third-order valence-electron chi connectivity index (χ3n) is 4.84. The van der Waals surface area contributed by atoms with Crippen molar-refractivity contribution in [3.63, 3.8) is 0 Å². The Bertz CT molecular complexity index is 1070. The third kappa shape index (κ3) is 5.53. The lowest BCUT2D eigenvalue weighted by Gasteiger charge is -2.17. The molecule has 0 saturated heterocycles. The minimum atomic E-state index is -0.284. The molecule has 170 valence electrons. The van der Waals surface area contributed by atoms with Crippen molar-refractivity contribution >= 4 is 23.4 Å². The number of benzene rings is 2. The van der Waals surface area contributed by atoms with Gasteiger partial charge in [-0.2, -0.15) is 0 Å². The predicted octanol–water partition coefficient (Wildman–Crippen LogP) is 4.49. The number of thioether (sulfide) groups is 1.